The van der Waals surface area contributed by atoms with Gasteiger partial charge >= 0.3 is 5.97 Å². The van der Waals surface area contributed by atoms with Crippen LogP contribution in [0.5, 0.6) is 5.75 Å². The number of carbonyl (C=O) groups is 1. The van der Waals surface area contributed by atoms with Crippen molar-refractivity contribution in [3.63, 3.8) is 0 Å². The average molecular weight is 507 g/mol. The Balaban J connectivity index is 1.69. The number of ether oxygens (including phenoxy) is 2. The smallest absolute Gasteiger partial charge is 0.338 e. The van der Waals surface area contributed by atoms with Crippen LogP contribution >= 0.6 is 22.9 Å². The lowest BCUT2D eigenvalue weighted by atomic mass is 9.96. The van der Waals surface area contributed by atoms with Crippen molar-refractivity contribution in [2.75, 3.05) is 6.61 Å². The van der Waals surface area contributed by atoms with Gasteiger partial charge in [-0.1, -0.05) is 53.3 Å². The third kappa shape index (κ3) is 4.26. The molecule has 8 heteroatoms. The summed E-state index contributed by atoms with van der Waals surface area (Å²) in [6.07, 6.45) is 3.67. The molecule has 178 valence electrons. The van der Waals surface area contributed by atoms with Crippen molar-refractivity contribution < 1.29 is 14.3 Å². The van der Waals surface area contributed by atoms with Crippen molar-refractivity contribution in [2.45, 2.75) is 32.9 Å². The first-order chi connectivity index (χ1) is 16.9. The molecule has 6 nitrogen and oxygen atoms in total. The molecule has 0 bridgehead atoms. The number of hydrogen-bond acceptors (Lipinski definition) is 6. The number of halogens is 1. The fourth-order valence-corrected chi connectivity index (χ4v) is 5.50. The van der Waals surface area contributed by atoms with Crippen LogP contribution in [0.1, 0.15) is 37.9 Å². The molecule has 2 atom stereocenters. The lowest BCUT2D eigenvalue weighted by Gasteiger charge is -2.24. The van der Waals surface area contributed by atoms with E-state index in [1.807, 2.05) is 55.5 Å². The highest BCUT2D eigenvalue weighted by atomic mass is 35.5. The van der Waals surface area contributed by atoms with Crippen molar-refractivity contribution >= 4 is 41.1 Å². The summed E-state index contributed by atoms with van der Waals surface area (Å²) in [6.45, 7) is 5.69. The molecule has 0 saturated heterocycles. The van der Waals surface area contributed by atoms with Crippen LogP contribution in [0.25, 0.3) is 12.2 Å². The van der Waals surface area contributed by atoms with Gasteiger partial charge in [-0.15, -0.1) is 0 Å². The van der Waals surface area contributed by atoms with E-state index in [9.17, 15) is 9.59 Å². The van der Waals surface area contributed by atoms with Crippen molar-refractivity contribution in [1.29, 1.82) is 0 Å². The minimum absolute atomic E-state index is 0.215. The number of rotatable bonds is 4. The van der Waals surface area contributed by atoms with Crippen molar-refractivity contribution in [1.82, 2.24) is 4.57 Å². The Kier molecular flexibility index (Phi) is 6.21. The number of benzene rings is 2. The van der Waals surface area contributed by atoms with E-state index in [0.29, 0.717) is 25.6 Å². The number of esters is 1. The summed E-state index contributed by atoms with van der Waals surface area (Å²) in [7, 11) is 0. The fraction of sp³-hybridized carbons (Fsp3) is 0.222. The molecule has 2 aromatic carbocycles. The molecular formula is C27H23ClN2O4S. The molecule has 3 aromatic rings. The molecule has 35 heavy (non-hydrogen) atoms. The molecule has 0 N–H and O–H groups in total. The van der Waals surface area contributed by atoms with Gasteiger partial charge < -0.3 is 9.47 Å². The number of hydrogen-bond donors (Lipinski definition) is 0. The van der Waals surface area contributed by atoms with E-state index in [1.54, 1.807) is 30.5 Å². The van der Waals surface area contributed by atoms with Crippen LogP contribution in [0, 0.1) is 0 Å². The Morgan fingerprint density at radius 2 is 1.97 bits per heavy atom. The van der Waals surface area contributed by atoms with Crippen molar-refractivity contribution in [3.05, 3.63) is 101 Å². The molecule has 0 fully saturated rings. The second-order valence-electron chi connectivity index (χ2n) is 8.30. The molecule has 2 aliphatic heterocycles. The van der Waals surface area contributed by atoms with Crippen LogP contribution in [0.15, 0.2) is 75.2 Å². The number of thiazole rings is 1. The van der Waals surface area contributed by atoms with E-state index in [0.717, 1.165) is 22.4 Å². The third-order valence-corrected chi connectivity index (χ3v) is 7.25. The van der Waals surface area contributed by atoms with Gasteiger partial charge in [-0.2, -0.15) is 0 Å². The molecule has 0 spiro atoms. The highest BCUT2D eigenvalue weighted by molar-refractivity contribution is 7.07. The summed E-state index contributed by atoms with van der Waals surface area (Å²) in [5.41, 5.74) is 3.24. The van der Waals surface area contributed by atoms with Gasteiger partial charge in [0.1, 0.15) is 11.9 Å². The van der Waals surface area contributed by atoms with Gasteiger partial charge in [-0.05, 0) is 62.3 Å². The lowest BCUT2D eigenvalue weighted by molar-refractivity contribution is -0.139. The summed E-state index contributed by atoms with van der Waals surface area (Å²) in [5.74, 6) is 0.327. The van der Waals surface area contributed by atoms with Gasteiger partial charge in [0.25, 0.3) is 5.56 Å². The topological polar surface area (TPSA) is 69.9 Å². The van der Waals surface area contributed by atoms with Crippen LogP contribution in [-0.4, -0.2) is 23.2 Å². The summed E-state index contributed by atoms with van der Waals surface area (Å²) in [6, 6.07) is 14.2. The van der Waals surface area contributed by atoms with Crippen LogP contribution in [0.2, 0.25) is 5.02 Å². The molecule has 2 aliphatic rings. The number of nitrogens with zero attached hydrogens (tertiary/aromatic N) is 2. The Morgan fingerprint density at radius 1 is 1.23 bits per heavy atom. The van der Waals surface area contributed by atoms with Crippen LogP contribution in [0.4, 0.5) is 0 Å². The van der Waals surface area contributed by atoms with Gasteiger partial charge in [0.15, 0.2) is 4.80 Å². The predicted octanol–water partition coefficient (Wildman–Crippen LogP) is 4.27. The highest BCUT2D eigenvalue weighted by Gasteiger charge is 2.33. The second kappa shape index (κ2) is 9.32. The molecule has 0 radical (unpaired) electrons. The van der Waals surface area contributed by atoms with Crippen LogP contribution < -0.4 is 19.6 Å². The maximum atomic E-state index is 13.7. The van der Waals surface area contributed by atoms with E-state index in [-0.39, 0.29) is 18.3 Å². The molecular weight excluding hydrogens is 484 g/mol. The lowest BCUT2D eigenvalue weighted by Crippen LogP contribution is -2.40. The minimum atomic E-state index is -0.667. The van der Waals surface area contributed by atoms with Gasteiger partial charge in [0, 0.05) is 10.6 Å². The highest BCUT2D eigenvalue weighted by Crippen LogP contribution is 2.32. The van der Waals surface area contributed by atoms with E-state index in [2.05, 4.69) is 4.99 Å². The van der Waals surface area contributed by atoms with E-state index >= 15 is 0 Å². The minimum Gasteiger partial charge on any atom is -0.485 e. The van der Waals surface area contributed by atoms with E-state index < -0.39 is 12.0 Å². The largest absolute Gasteiger partial charge is 0.485 e. The van der Waals surface area contributed by atoms with E-state index in [4.69, 9.17) is 21.1 Å². The van der Waals surface area contributed by atoms with Gasteiger partial charge in [-0.25, -0.2) is 9.79 Å². The van der Waals surface area contributed by atoms with Crippen molar-refractivity contribution in [3.8, 4) is 5.75 Å². The quantitative estimate of drug-likeness (QED) is 0.496. The first-order valence-corrected chi connectivity index (χ1v) is 12.5. The SMILES string of the molecule is CCOC(=O)C1=C(C)N=c2sc(=CC3=Cc4ccccc4OC3C)c(=O)n2C1c1ccc(Cl)cc1. The Morgan fingerprint density at radius 3 is 2.71 bits per heavy atom. The zero-order valence-electron chi connectivity index (χ0n) is 19.4. The Labute approximate surface area is 211 Å². The second-order valence-corrected chi connectivity index (χ2v) is 9.74. The Hall–Kier alpha value is -3.42. The monoisotopic (exact) mass is 506 g/mol. The Bertz CT molecular complexity index is 1560. The van der Waals surface area contributed by atoms with Gasteiger partial charge in [-0.3, -0.25) is 9.36 Å². The van der Waals surface area contributed by atoms with Crippen LogP contribution in [0.3, 0.4) is 0 Å². The molecule has 0 saturated carbocycles. The summed E-state index contributed by atoms with van der Waals surface area (Å²) in [5, 5.41) is 0.568. The molecule has 0 aliphatic carbocycles. The maximum absolute atomic E-state index is 13.7. The fourth-order valence-electron chi connectivity index (χ4n) is 4.32. The predicted molar refractivity (Wildman–Crippen MR) is 137 cm³/mol. The van der Waals surface area contributed by atoms with E-state index in [1.165, 1.54) is 11.3 Å². The first-order valence-electron chi connectivity index (χ1n) is 11.3. The normalized spacial score (nSPS) is 19.3. The zero-order valence-corrected chi connectivity index (χ0v) is 21.0. The van der Waals surface area contributed by atoms with Gasteiger partial charge in [0.05, 0.1) is 28.5 Å². The average Bonchev–Trinajstić information content (AvgIpc) is 3.13. The third-order valence-electron chi connectivity index (χ3n) is 6.01. The number of carbonyl (C=O) groups excluding carboxylic acids is 1. The van der Waals surface area contributed by atoms with Crippen LogP contribution in [-0.2, 0) is 9.53 Å². The van der Waals surface area contributed by atoms with Gasteiger partial charge in [0.2, 0.25) is 0 Å². The number of para-hydroxylation sites is 1. The number of aromatic nitrogens is 1. The zero-order chi connectivity index (χ0) is 24.7. The molecule has 0 amide bonds. The summed E-state index contributed by atoms with van der Waals surface area (Å²) >= 11 is 7.40. The molecule has 2 unspecified atom stereocenters. The number of fused-ring (bicyclic) bond motifs is 2. The van der Waals surface area contributed by atoms with Crippen molar-refractivity contribution in [2.24, 2.45) is 4.99 Å². The summed E-state index contributed by atoms with van der Waals surface area (Å²) < 4.78 is 13.5. The molecule has 1 aromatic heterocycles. The maximum Gasteiger partial charge on any atom is 0.338 e. The standard InChI is InChI=1S/C27H23ClN2O4S/c1-4-33-26(32)23-15(2)29-27-30(24(23)17-9-11-20(28)12-10-17)25(31)22(35-27)14-19-13-18-7-5-6-8-21(18)34-16(19)3/h5-14,16,24H,4H2,1-3H3. The summed E-state index contributed by atoms with van der Waals surface area (Å²) in [4.78, 5) is 31.8. The molecule has 3 heterocycles. The first kappa shape index (κ1) is 23.3. The molecule has 5 rings (SSSR count). The number of allylic oxidation sites excluding steroid dienone is 1.